The number of ether oxygens (including phenoxy) is 2. The molecule has 5 nitrogen and oxygen atoms in total. The standard InChI is InChI=1S/C17H15F2NO4/c1-11-6-7-12(8-14(11)19)20-16(21)9-24-17(22)10-23-15-5-3-2-4-13(15)18/h2-8H,9-10H2,1H3,(H,20,21). The van der Waals surface area contributed by atoms with Gasteiger partial charge in [0.05, 0.1) is 0 Å². The van der Waals surface area contributed by atoms with Crippen LogP contribution in [0.5, 0.6) is 5.75 Å². The van der Waals surface area contributed by atoms with Crippen molar-refractivity contribution >= 4 is 17.6 Å². The molecule has 0 unspecified atom stereocenters. The van der Waals surface area contributed by atoms with Crippen LogP contribution in [0.1, 0.15) is 5.56 Å². The van der Waals surface area contributed by atoms with E-state index in [9.17, 15) is 18.4 Å². The molecule has 2 rings (SSSR count). The zero-order valence-corrected chi connectivity index (χ0v) is 12.8. The van der Waals surface area contributed by atoms with E-state index in [1.807, 2.05) is 0 Å². The second-order valence-corrected chi connectivity index (χ2v) is 4.89. The number of benzene rings is 2. The normalized spacial score (nSPS) is 10.1. The average molecular weight is 335 g/mol. The molecule has 24 heavy (non-hydrogen) atoms. The van der Waals surface area contributed by atoms with Crippen LogP contribution in [0.2, 0.25) is 0 Å². The number of para-hydroxylation sites is 1. The Hall–Kier alpha value is -2.96. The first-order chi connectivity index (χ1) is 11.5. The average Bonchev–Trinajstić information content (AvgIpc) is 2.55. The van der Waals surface area contributed by atoms with Crippen molar-refractivity contribution in [3.05, 3.63) is 59.7 Å². The Kier molecular flexibility index (Phi) is 5.83. The fourth-order valence-corrected chi connectivity index (χ4v) is 1.75. The third kappa shape index (κ3) is 5.05. The highest BCUT2D eigenvalue weighted by Gasteiger charge is 2.11. The molecular formula is C17H15F2NO4. The third-order valence-corrected chi connectivity index (χ3v) is 3.00. The quantitative estimate of drug-likeness (QED) is 0.825. The maximum Gasteiger partial charge on any atom is 0.344 e. The zero-order valence-electron chi connectivity index (χ0n) is 12.8. The van der Waals surface area contributed by atoms with Crippen LogP contribution in [0.3, 0.4) is 0 Å². The summed E-state index contributed by atoms with van der Waals surface area (Å²) in [5.74, 6) is -2.61. The largest absolute Gasteiger partial charge is 0.479 e. The molecule has 0 aliphatic carbocycles. The summed E-state index contributed by atoms with van der Waals surface area (Å²) in [5.41, 5.74) is 0.700. The van der Waals surface area contributed by atoms with E-state index in [0.29, 0.717) is 5.56 Å². The van der Waals surface area contributed by atoms with E-state index < -0.39 is 36.7 Å². The lowest BCUT2D eigenvalue weighted by molar-refractivity contribution is -0.149. The highest BCUT2D eigenvalue weighted by Crippen LogP contribution is 2.15. The maximum atomic E-state index is 13.4. The van der Waals surface area contributed by atoms with Crippen molar-refractivity contribution in [2.75, 3.05) is 18.5 Å². The van der Waals surface area contributed by atoms with Gasteiger partial charge in [-0.05, 0) is 36.8 Å². The summed E-state index contributed by atoms with van der Waals surface area (Å²) in [6.45, 7) is 0.501. The van der Waals surface area contributed by atoms with Crippen LogP contribution in [0, 0.1) is 18.6 Å². The molecule has 0 saturated heterocycles. The van der Waals surface area contributed by atoms with Crippen LogP contribution < -0.4 is 10.1 Å². The summed E-state index contributed by atoms with van der Waals surface area (Å²) >= 11 is 0. The van der Waals surface area contributed by atoms with Crippen molar-refractivity contribution in [2.24, 2.45) is 0 Å². The minimum absolute atomic E-state index is 0.0889. The highest BCUT2D eigenvalue weighted by molar-refractivity contribution is 5.92. The Morgan fingerprint density at radius 2 is 1.79 bits per heavy atom. The van der Waals surface area contributed by atoms with E-state index >= 15 is 0 Å². The van der Waals surface area contributed by atoms with Gasteiger partial charge in [-0.3, -0.25) is 4.79 Å². The lowest BCUT2D eigenvalue weighted by atomic mass is 10.2. The maximum absolute atomic E-state index is 13.4. The summed E-state index contributed by atoms with van der Waals surface area (Å²) in [6.07, 6.45) is 0. The zero-order chi connectivity index (χ0) is 17.5. The van der Waals surface area contributed by atoms with Crippen molar-refractivity contribution in [1.29, 1.82) is 0 Å². The number of anilines is 1. The molecule has 0 atom stereocenters. The van der Waals surface area contributed by atoms with Crippen molar-refractivity contribution in [1.82, 2.24) is 0 Å². The predicted molar refractivity (Wildman–Crippen MR) is 82.6 cm³/mol. The Morgan fingerprint density at radius 3 is 2.50 bits per heavy atom. The number of esters is 1. The van der Waals surface area contributed by atoms with Crippen LogP contribution in [-0.2, 0) is 14.3 Å². The molecule has 7 heteroatoms. The second kappa shape index (κ2) is 8.05. The van der Waals surface area contributed by atoms with Gasteiger partial charge in [-0.1, -0.05) is 18.2 Å². The number of nitrogens with one attached hydrogen (secondary N) is 1. The Bertz CT molecular complexity index is 749. The fraction of sp³-hybridized carbons (Fsp3) is 0.176. The fourth-order valence-electron chi connectivity index (χ4n) is 1.75. The first kappa shape index (κ1) is 17.4. The lowest BCUT2D eigenvalue weighted by Gasteiger charge is -2.08. The predicted octanol–water partition coefficient (Wildman–Crippen LogP) is 2.83. The van der Waals surface area contributed by atoms with E-state index in [4.69, 9.17) is 9.47 Å². The molecule has 0 aliphatic rings. The van der Waals surface area contributed by atoms with Gasteiger partial charge in [0.15, 0.2) is 24.8 Å². The smallest absolute Gasteiger partial charge is 0.344 e. The second-order valence-electron chi connectivity index (χ2n) is 4.89. The van der Waals surface area contributed by atoms with Crippen LogP contribution in [0.4, 0.5) is 14.5 Å². The van der Waals surface area contributed by atoms with Crippen molar-refractivity contribution in [3.8, 4) is 5.75 Å². The summed E-state index contributed by atoms with van der Waals surface area (Å²) in [6, 6.07) is 9.79. The number of amides is 1. The minimum Gasteiger partial charge on any atom is -0.479 e. The first-order valence-electron chi connectivity index (χ1n) is 7.04. The Balaban J connectivity index is 1.76. The Morgan fingerprint density at radius 1 is 1.04 bits per heavy atom. The number of aryl methyl sites for hydroxylation is 1. The molecule has 0 radical (unpaired) electrons. The Labute approximate surface area is 137 Å². The van der Waals surface area contributed by atoms with Gasteiger partial charge in [0, 0.05) is 5.69 Å². The SMILES string of the molecule is Cc1ccc(NC(=O)COC(=O)COc2ccccc2F)cc1F. The van der Waals surface area contributed by atoms with Crippen LogP contribution >= 0.6 is 0 Å². The molecule has 1 amide bonds. The summed E-state index contributed by atoms with van der Waals surface area (Å²) in [5, 5.41) is 2.39. The molecule has 2 aromatic carbocycles. The molecule has 0 fully saturated rings. The molecule has 0 spiro atoms. The van der Waals surface area contributed by atoms with Gasteiger partial charge in [0.2, 0.25) is 0 Å². The number of hydrogen-bond acceptors (Lipinski definition) is 4. The highest BCUT2D eigenvalue weighted by atomic mass is 19.1. The van der Waals surface area contributed by atoms with E-state index in [2.05, 4.69) is 5.32 Å². The van der Waals surface area contributed by atoms with Gasteiger partial charge >= 0.3 is 5.97 Å². The molecule has 0 heterocycles. The monoisotopic (exact) mass is 335 g/mol. The summed E-state index contributed by atoms with van der Waals surface area (Å²) in [7, 11) is 0. The first-order valence-corrected chi connectivity index (χ1v) is 7.04. The topological polar surface area (TPSA) is 64.6 Å². The summed E-state index contributed by atoms with van der Waals surface area (Å²) < 4.78 is 36.3. The van der Waals surface area contributed by atoms with Gasteiger partial charge in [-0.2, -0.15) is 0 Å². The number of carbonyl (C=O) groups excluding carboxylic acids is 2. The van der Waals surface area contributed by atoms with Crippen molar-refractivity contribution in [2.45, 2.75) is 6.92 Å². The lowest BCUT2D eigenvalue weighted by Crippen LogP contribution is -2.23. The molecule has 0 aliphatic heterocycles. The van der Waals surface area contributed by atoms with Gasteiger partial charge in [0.25, 0.3) is 5.91 Å². The molecule has 0 bridgehead atoms. The number of carbonyl (C=O) groups is 2. The molecule has 1 N–H and O–H groups in total. The molecular weight excluding hydrogens is 320 g/mol. The van der Waals surface area contributed by atoms with E-state index in [0.717, 1.165) is 6.07 Å². The van der Waals surface area contributed by atoms with Crippen molar-refractivity contribution in [3.63, 3.8) is 0 Å². The van der Waals surface area contributed by atoms with E-state index in [1.54, 1.807) is 13.0 Å². The van der Waals surface area contributed by atoms with Gasteiger partial charge in [0.1, 0.15) is 5.82 Å². The van der Waals surface area contributed by atoms with Crippen LogP contribution in [0.25, 0.3) is 0 Å². The van der Waals surface area contributed by atoms with Gasteiger partial charge in [-0.15, -0.1) is 0 Å². The molecule has 0 saturated carbocycles. The molecule has 2 aromatic rings. The van der Waals surface area contributed by atoms with Crippen LogP contribution in [0.15, 0.2) is 42.5 Å². The van der Waals surface area contributed by atoms with Crippen LogP contribution in [-0.4, -0.2) is 25.1 Å². The summed E-state index contributed by atoms with van der Waals surface area (Å²) in [4.78, 5) is 23.1. The number of halogens is 2. The number of hydrogen-bond donors (Lipinski definition) is 1. The van der Waals surface area contributed by atoms with Gasteiger partial charge < -0.3 is 14.8 Å². The number of rotatable bonds is 6. The molecule has 126 valence electrons. The minimum atomic E-state index is -0.830. The van der Waals surface area contributed by atoms with Crippen molar-refractivity contribution < 1.29 is 27.8 Å². The van der Waals surface area contributed by atoms with Gasteiger partial charge in [-0.25, -0.2) is 13.6 Å². The van der Waals surface area contributed by atoms with E-state index in [-0.39, 0.29) is 11.4 Å². The van der Waals surface area contributed by atoms with E-state index in [1.165, 1.54) is 30.3 Å². The third-order valence-electron chi connectivity index (χ3n) is 3.00. The molecule has 0 aromatic heterocycles.